The van der Waals surface area contributed by atoms with Crippen LogP contribution in [0.15, 0.2) is 78.9 Å². The van der Waals surface area contributed by atoms with Crippen LogP contribution in [0.5, 0.6) is 11.5 Å². The van der Waals surface area contributed by atoms with Gasteiger partial charge in [-0.15, -0.1) is 0 Å². The minimum Gasteiger partial charge on any atom is -0.457 e. The number of nitrogens with one attached hydrogen (secondary N) is 2. The molecule has 0 spiro atoms. The maximum absolute atomic E-state index is 12.5. The van der Waals surface area contributed by atoms with Crippen molar-refractivity contribution in [2.75, 3.05) is 28.6 Å². The fourth-order valence-corrected chi connectivity index (χ4v) is 3.08. The van der Waals surface area contributed by atoms with Crippen molar-refractivity contribution in [3.05, 3.63) is 78.9 Å². The van der Waals surface area contributed by atoms with E-state index in [9.17, 15) is 9.59 Å². The van der Waals surface area contributed by atoms with E-state index < -0.39 is 0 Å². The quantitative estimate of drug-likeness (QED) is 0.712. The second kappa shape index (κ2) is 7.84. The van der Waals surface area contributed by atoms with Gasteiger partial charge in [-0.3, -0.25) is 9.59 Å². The molecule has 0 aliphatic carbocycles. The van der Waals surface area contributed by atoms with E-state index in [-0.39, 0.29) is 24.9 Å². The zero-order valence-corrected chi connectivity index (χ0v) is 15.1. The van der Waals surface area contributed by atoms with Crippen molar-refractivity contribution >= 4 is 28.9 Å². The fraction of sp³-hybridized carbons (Fsp3) is 0.0909. The summed E-state index contributed by atoms with van der Waals surface area (Å²) in [5, 5.41) is 5.68. The van der Waals surface area contributed by atoms with Gasteiger partial charge in [-0.25, -0.2) is 0 Å². The molecule has 1 heterocycles. The number of amides is 2. The lowest BCUT2D eigenvalue weighted by molar-refractivity contribution is -0.115. The van der Waals surface area contributed by atoms with Gasteiger partial charge in [0.05, 0.1) is 24.5 Å². The van der Waals surface area contributed by atoms with E-state index in [4.69, 9.17) is 4.74 Å². The molecule has 6 nitrogen and oxygen atoms in total. The first kappa shape index (κ1) is 17.6. The second-order valence-electron chi connectivity index (χ2n) is 6.41. The van der Waals surface area contributed by atoms with Crippen molar-refractivity contribution < 1.29 is 14.3 Å². The number of nitrogens with zero attached hydrogens (tertiary/aromatic N) is 1. The Morgan fingerprint density at radius 1 is 0.964 bits per heavy atom. The smallest absolute Gasteiger partial charge is 0.243 e. The second-order valence-corrected chi connectivity index (χ2v) is 6.41. The molecule has 140 valence electrons. The van der Waals surface area contributed by atoms with E-state index in [1.165, 1.54) is 0 Å². The van der Waals surface area contributed by atoms with E-state index in [2.05, 4.69) is 10.6 Å². The number of hydrogen-bond donors (Lipinski definition) is 2. The predicted octanol–water partition coefficient (Wildman–Crippen LogP) is 3.88. The molecule has 0 saturated carbocycles. The van der Waals surface area contributed by atoms with Gasteiger partial charge in [-0.05, 0) is 36.4 Å². The summed E-state index contributed by atoms with van der Waals surface area (Å²) in [6.45, 7) is 0.218. The summed E-state index contributed by atoms with van der Waals surface area (Å²) in [7, 11) is 0. The van der Waals surface area contributed by atoms with Gasteiger partial charge in [-0.1, -0.05) is 36.4 Å². The summed E-state index contributed by atoms with van der Waals surface area (Å²) in [6.07, 6.45) is 0. The van der Waals surface area contributed by atoms with E-state index in [1.807, 2.05) is 66.7 Å². The molecule has 6 heteroatoms. The first-order chi connectivity index (χ1) is 13.7. The molecule has 3 aromatic carbocycles. The topological polar surface area (TPSA) is 70.7 Å². The maximum atomic E-state index is 12.5. The van der Waals surface area contributed by atoms with Gasteiger partial charge in [0.15, 0.2) is 0 Å². The van der Waals surface area contributed by atoms with E-state index >= 15 is 0 Å². The van der Waals surface area contributed by atoms with Gasteiger partial charge in [0.1, 0.15) is 11.5 Å². The average molecular weight is 373 g/mol. The highest BCUT2D eigenvalue weighted by atomic mass is 16.5. The Bertz CT molecular complexity index is 1000. The molecule has 28 heavy (non-hydrogen) atoms. The first-order valence-corrected chi connectivity index (χ1v) is 8.94. The summed E-state index contributed by atoms with van der Waals surface area (Å²) in [5.74, 6) is 1.01. The van der Waals surface area contributed by atoms with Crippen LogP contribution in [0.2, 0.25) is 0 Å². The zero-order chi connectivity index (χ0) is 19.3. The van der Waals surface area contributed by atoms with Crippen LogP contribution >= 0.6 is 0 Å². The minimum absolute atomic E-state index is 0.0776. The van der Waals surface area contributed by atoms with Crippen molar-refractivity contribution in [2.24, 2.45) is 0 Å². The van der Waals surface area contributed by atoms with Crippen molar-refractivity contribution in [1.29, 1.82) is 0 Å². The van der Waals surface area contributed by atoms with Crippen LogP contribution in [0.3, 0.4) is 0 Å². The Morgan fingerprint density at radius 3 is 2.57 bits per heavy atom. The van der Waals surface area contributed by atoms with Crippen molar-refractivity contribution in [3.63, 3.8) is 0 Å². The van der Waals surface area contributed by atoms with Gasteiger partial charge in [0.25, 0.3) is 0 Å². The maximum Gasteiger partial charge on any atom is 0.243 e. The van der Waals surface area contributed by atoms with E-state index in [0.29, 0.717) is 17.1 Å². The molecule has 1 aliphatic rings. The summed E-state index contributed by atoms with van der Waals surface area (Å²) in [4.78, 5) is 26.2. The number of rotatable bonds is 5. The number of carbonyl (C=O) groups is 2. The molecule has 0 unspecified atom stereocenters. The monoisotopic (exact) mass is 373 g/mol. The largest absolute Gasteiger partial charge is 0.457 e. The summed E-state index contributed by atoms with van der Waals surface area (Å²) in [6, 6.07) is 24.1. The molecule has 0 saturated heterocycles. The van der Waals surface area contributed by atoms with Gasteiger partial charge in [0, 0.05) is 11.8 Å². The molecule has 2 amide bonds. The van der Waals surface area contributed by atoms with Crippen LogP contribution in [0.25, 0.3) is 0 Å². The Morgan fingerprint density at radius 2 is 1.71 bits per heavy atom. The Kier molecular flexibility index (Phi) is 4.93. The number of fused-ring (bicyclic) bond motifs is 1. The van der Waals surface area contributed by atoms with Crippen LogP contribution in [0.4, 0.5) is 17.1 Å². The highest BCUT2D eigenvalue weighted by molar-refractivity contribution is 6.03. The zero-order valence-electron chi connectivity index (χ0n) is 15.1. The third-order valence-corrected chi connectivity index (χ3v) is 4.28. The summed E-state index contributed by atoms with van der Waals surface area (Å²) in [5.41, 5.74) is 2.18. The average Bonchev–Trinajstić information content (AvgIpc) is 2.69. The van der Waals surface area contributed by atoms with Crippen LogP contribution in [-0.2, 0) is 9.59 Å². The SMILES string of the molecule is O=C(CN1CC(=O)Nc2ccccc21)Nc1cccc(Oc2ccccc2)c1. The lowest BCUT2D eigenvalue weighted by atomic mass is 10.2. The predicted molar refractivity (Wildman–Crippen MR) is 109 cm³/mol. The molecule has 0 fully saturated rings. The highest BCUT2D eigenvalue weighted by Crippen LogP contribution is 2.29. The lowest BCUT2D eigenvalue weighted by Gasteiger charge is -2.30. The molecule has 3 aromatic rings. The molecule has 0 radical (unpaired) electrons. The number of para-hydroxylation sites is 3. The van der Waals surface area contributed by atoms with Crippen LogP contribution in [0, 0.1) is 0 Å². The Balaban J connectivity index is 1.43. The number of carbonyl (C=O) groups excluding carboxylic acids is 2. The molecule has 4 rings (SSSR count). The molecule has 0 atom stereocenters. The van der Waals surface area contributed by atoms with Gasteiger partial charge >= 0.3 is 0 Å². The standard InChI is InChI=1S/C22H19N3O3/c26-21(14-25-15-22(27)24-19-11-4-5-12-20(19)25)23-16-7-6-10-18(13-16)28-17-8-2-1-3-9-17/h1-13H,14-15H2,(H,23,26)(H,24,27). The van der Waals surface area contributed by atoms with E-state index in [1.54, 1.807) is 17.0 Å². The molecule has 2 N–H and O–H groups in total. The number of benzene rings is 3. The van der Waals surface area contributed by atoms with Gasteiger partial charge in [0.2, 0.25) is 11.8 Å². The Labute approximate surface area is 162 Å². The molecular weight excluding hydrogens is 354 g/mol. The number of ether oxygens (including phenoxy) is 1. The summed E-state index contributed by atoms with van der Waals surface area (Å²) >= 11 is 0. The van der Waals surface area contributed by atoms with Crippen LogP contribution in [0.1, 0.15) is 0 Å². The molecule has 0 bridgehead atoms. The molecule has 0 aromatic heterocycles. The van der Waals surface area contributed by atoms with Crippen molar-refractivity contribution in [3.8, 4) is 11.5 Å². The number of hydrogen-bond acceptors (Lipinski definition) is 4. The van der Waals surface area contributed by atoms with Crippen LogP contribution < -0.4 is 20.3 Å². The van der Waals surface area contributed by atoms with Gasteiger partial charge in [-0.2, -0.15) is 0 Å². The van der Waals surface area contributed by atoms with Crippen LogP contribution in [-0.4, -0.2) is 24.9 Å². The molecule has 1 aliphatic heterocycles. The highest BCUT2D eigenvalue weighted by Gasteiger charge is 2.23. The van der Waals surface area contributed by atoms with Crippen molar-refractivity contribution in [1.82, 2.24) is 0 Å². The molecular formula is C22H19N3O3. The lowest BCUT2D eigenvalue weighted by Crippen LogP contribution is -2.42. The Hall–Kier alpha value is -3.80. The first-order valence-electron chi connectivity index (χ1n) is 8.94. The number of anilines is 3. The van der Waals surface area contributed by atoms with E-state index in [0.717, 1.165) is 11.4 Å². The van der Waals surface area contributed by atoms with Crippen molar-refractivity contribution in [2.45, 2.75) is 0 Å². The normalized spacial score (nSPS) is 12.7. The third-order valence-electron chi connectivity index (χ3n) is 4.28. The third kappa shape index (κ3) is 4.12. The summed E-state index contributed by atoms with van der Waals surface area (Å²) < 4.78 is 5.80. The van der Waals surface area contributed by atoms with Gasteiger partial charge < -0.3 is 20.3 Å². The fourth-order valence-electron chi connectivity index (χ4n) is 3.08. The minimum atomic E-state index is -0.207.